The van der Waals surface area contributed by atoms with Crippen LogP contribution in [0.4, 0.5) is 28.7 Å². The number of piperazine rings is 1. The number of hydrogen-bond donors (Lipinski definition) is 1. The van der Waals surface area contributed by atoms with Gasteiger partial charge in [-0.05, 0) is 30.2 Å². The molecule has 8 heteroatoms. The second kappa shape index (κ2) is 8.77. The van der Waals surface area contributed by atoms with Gasteiger partial charge in [-0.25, -0.2) is 9.97 Å². The maximum atomic E-state index is 12.0. The molecule has 30 heavy (non-hydrogen) atoms. The highest BCUT2D eigenvalue weighted by Crippen LogP contribution is 2.35. The van der Waals surface area contributed by atoms with Gasteiger partial charge in [0.2, 0.25) is 11.6 Å². The predicted molar refractivity (Wildman–Crippen MR) is 119 cm³/mol. The molecule has 3 aromatic rings. The molecule has 0 radical (unpaired) electrons. The zero-order valence-electron chi connectivity index (χ0n) is 16.9. The number of nitrogens with one attached hydrogen (secondary N) is 1. The van der Waals surface area contributed by atoms with Crippen LogP contribution in [0.2, 0.25) is 0 Å². The normalized spacial score (nSPS) is 13.9. The van der Waals surface area contributed by atoms with Crippen molar-refractivity contribution in [3.05, 3.63) is 76.6 Å². The summed E-state index contributed by atoms with van der Waals surface area (Å²) in [4.78, 5) is 24.3. The van der Waals surface area contributed by atoms with Crippen LogP contribution in [0, 0.1) is 10.1 Å². The number of benzene rings is 2. The molecule has 0 amide bonds. The number of aryl methyl sites for hydroxylation is 1. The Labute approximate surface area is 175 Å². The zero-order chi connectivity index (χ0) is 20.9. The van der Waals surface area contributed by atoms with Crippen molar-refractivity contribution in [2.45, 2.75) is 13.3 Å². The summed E-state index contributed by atoms with van der Waals surface area (Å²) in [6.45, 7) is 4.89. The molecule has 0 spiro atoms. The van der Waals surface area contributed by atoms with E-state index in [1.807, 2.05) is 54.3 Å². The maximum Gasteiger partial charge on any atom is 0.353 e. The molecule has 0 unspecified atom stereocenters. The number of aromatic nitrogens is 2. The first-order valence-electron chi connectivity index (χ1n) is 10.1. The second-order valence-corrected chi connectivity index (χ2v) is 7.10. The molecule has 8 nitrogen and oxygen atoms in total. The number of para-hydroxylation sites is 2. The van der Waals surface area contributed by atoms with Gasteiger partial charge in [-0.1, -0.05) is 43.3 Å². The largest absolute Gasteiger partial charge is 0.368 e. The molecule has 4 rings (SSSR count). The smallest absolute Gasteiger partial charge is 0.353 e. The lowest BCUT2D eigenvalue weighted by molar-refractivity contribution is -0.383. The third-order valence-electron chi connectivity index (χ3n) is 5.34. The van der Waals surface area contributed by atoms with Crippen molar-refractivity contribution < 1.29 is 4.92 Å². The summed E-state index contributed by atoms with van der Waals surface area (Å²) in [6.07, 6.45) is 2.21. The Hall–Kier alpha value is -3.68. The first kappa shape index (κ1) is 19.6. The Morgan fingerprint density at radius 1 is 0.967 bits per heavy atom. The average molecular weight is 404 g/mol. The van der Waals surface area contributed by atoms with Gasteiger partial charge in [-0.2, -0.15) is 0 Å². The van der Waals surface area contributed by atoms with Crippen LogP contribution in [0.25, 0.3) is 0 Å². The lowest BCUT2D eigenvalue weighted by Gasteiger charge is -2.36. The van der Waals surface area contributed by atoms with Crippen molar-refractivity contribution in [3.8, 4) is 0 Å². The molecule has 2 heterocycles. The monoisotopic (exact) mass is 404 g/mol. The number of anilines is 4. The Balaban J connectivity index is 1.59. The Morgan fingerprint density at radius 2 is 1.63 bits per heavy atom. The standard InChI is InChI=1S/C22H24N6O2/c1-2-17-8-6-7-11-19(17)25-21-20(28(29)30)22(24-16-23-21)27-14-12-26(13-15-27)18-9-4-3-5-10-18/h3-11,16H,2,12-15H2,1H3,(H,23,24,25). The number of hydrogen-bond acceptors (Lipinski definition) is 7. The van der Waals surface area contributed by atoms with Gasteiger partial charge in [-0.15, -0.1) is 0 Å². The van der Waals surface area contributed by atoms with E-state index in [2.05, 4.69) is 32.3 Å². The highest BCUT2D eigenvalue weighted by atomic mass is 16.6. The average Bonchev–Trinajstić information content (AvgIpc) is 2.80. The first-order chi connectivity index (χ1) is 14.7. The molecule has 1 fully saturated rings. The maximum absolute atomic E-state index is 12.0. The van der Waals surface area contributed by atoms with Gasteiger partial charge in [0, 0.05) is 37.6 Å². The lowest BCUT2D eigenvalue weighted by Crippen LogP contribution is -2.47. The summed E-state index contributed by atoms with van der Waals surface area (Å²) in [6, 6.07) is 17.9. The summed E-state index contributed by atoms with van der Waals surface area (Å²) in [5.74, 6) is 0.579. The van der Waals surface area contributed by atoms with Crippen molar-refractivity contribution in [1.82, 2.24) is 9.97 Å². The van der Waals surface area contributed by atoms with Gasteiger partial charge in [0.25, 0.3) is 0 Å². The fraction of sp³-hybridized carbons (Fsp3) is 0.273. The molecule has 0 bridgehead atoms. The molecule has 0 atom stereocenters. The third-order valence-corrected chi connectivity index (χ3v) is 5.34. The van der Waals surface area contributed by atoms with Gasteiger partial charge in [0.1, 0.15) is 6.33 Å². The second-order valence-electron chi connectivity index (χ2n) is 7.10. The summed E-state index contributed by atoms with van der Waals surface area (Å²) in [5, 5.41) is 15.1. The van der Waals surface area contributed by atoms with Crippen LogP contribution in [-0.2, 0) is 6.42 Å². The molecule has 1 aliphatic heterocycles. The SMILES string of the molecule is CCc1ccccc1Nc1ncnc(N2CCN(c3ccccc3)CC2)c1[N+](=O)[O-]. The van der Waals surface area contributed by atoms with Gasteiger partial charge in [0.15, 0.2) is 0 Å². The van der Waals surface area contributed by atoms with Gasteiger partial charge in [0.05, 0.1) is 4.92 Å². The summed E-state index contributed by atoms with van der Waals surface area (Å²) >= 11 is 0. The molecule has 154 valence electrons. The molecular weight excluding hydrogens is 380 g/mol. The van der Waals surface area contributed by atoms with Gasteiger partial charge < -0.3 is 15.1 Å². The van der Waals surface area contributed by atoms with E-state index in [1.54, 1.807) is 0 Å². The highest BCUT2D eigenvalue weighted by Gasteiger charge is 2.29. The van der Waals surface area contributed by atoms with Crippen LogP contribution in [0.5, 0.6) is 0 Å². The zero-order valence-corrected chi connectivity index (χ0v) is 16.9. The van der Waals surface area contributed by atoms with E-state index in [0.717, 1.165) is 36.4 Å². The summed E-state index contributed by atoms with van der Waals surface area (Å²) in [5.41, 5.74) is 2.97. The van der Waals surface area contributed by atoms with E-state index in [4.69, 9.17) is 0 Å². The molecular formula is C22H24N6O2. The highest BCUT2D eigenvalue weighted by molar-refractivity contribution is 5.75. The van der Waals surface area contributed by atoms with Crippen molar-refractivity contribution in [3.63, 3.8) is 0 Å². The van der Waals surface area contributed by atoms with Crippen LogP contribution < -0.4 is 15.1 Å². The van der Waals surface area contributed by atoms with Crippen LogP contribution in [-0.4, -0.2) is 41.1 Å². The molecule has 1 saturated heterocycles. The third kappa shape index (κ3) is 4.03. The first-order valence-corrected chi connectivity index (χ1v) is 10.1. The van der Waals surface area contributed by atoms with E-state index in [1.165, 1.54) is 6.33 Å². The fourth-order valence-electron chi connectivity index (χ4n) is 3.75. The van der Waals surface area contributed by atoms with E-state index >= 15 is 0 Å². The molecule has 1 N–H and O–H groups in total. The van der Waals surface area contributed by atoms with Crippen molar-refractivity contribution in [2.75, 3.05) is 41.3 Å². The van der Waals surface area contributed by atoms with E-state index in [0.29, 0.717) is 18.9 Å². The molecule has 0 aliphatic carbocycles. The Kier molecular flexibility index (Phi) is 5.74. The minimum atomic E-state index is -0.393. The van der Waals surface area contributed by atoms with Crippen molar-refractivity contribution in [1.29, 1.82) is 0 Å². The van der Waals surface area contributed by atoms with E-state index < -0.39 is 4.92 Å². The molecule has 2 aromatic carbocycles. The number of nitrogens with zero attached hydrogens (tertiary/aromatic N) is 5. The van der Waals surface area contributed by atoms with Gasteiger partial charge >= 0.3 is 5.69 Å². The Bertz CT molecular complexity index is 1020. The number of rotatable bonds is 6. The summed E-state index contributed by atoms with van der Waals surface area (Å²) in [7, 11) is 0. The van der Waals surface area contributed by atoms with Crippen LogP contribution in [0.15, 0.2) is 60.9 Å². The minimum Gasteiger partial charge on any atom is -0.368 e. The van der Waals surface area contributed by atoms with Crippen LogP contribution in [0.3, 0.4) is 0 Å². The molecule has 1 aliphatic rings. The topological polar surface area (TPSA) is 87.4 Å². The van der Waals surface area contributed by atoms with Gasteiger partial charge in [-0.3, -0.25) is 10.1 Å². The van der Waals surface area contributed by atoms with Crippen molar-refractivity contribution >= 4 is 28.7 Å². The van der Waals surface area contributed by atoms with E-state index in [9.17, 15) is 10.1 Å². The Morgan fingerprint density at radius 3 is 2.33 bits per heavy atom. The fourth-order valence-corrected chi connectivity index (χ4v) is 3.75. The lowest BCUT2D eigenvalue weighted by atomic mass is 10.1. The quantitative estimate of drug-likeness (QED) is 0.490. The van der Waals surface area contributed by atoms with E-state index in [-0.39, 0.29) is 11.5 Å². The predicted octanol–water partition coefficient (Wildman–Crippen LogP) is 4.02. The van der Waals surface area contributed by atoms with Crippen molar-refractivity contribution in [2.24, 2.45) is 0 Å². The van der Waals surface area contributed by atoms with Crippen LogP contribution in [0.1, 0.15) is 12.5 Å². The summed E-state index contributed by atoms with van der Waals surface area (Å²) < 4.78 is 0. The number of nitro groups is 1. The molecule has 0 saturated carbocycles. The molecule has 1 aromatic heterocycles. The minimum absolute atomic E-state index is 0.0865. The van der Waals surface area contributed by atoms with Crippen LogP contribution >= 0.6 is 0 Å².